The standard InChI is InChI=1S/C49H35BrN2/c1-49(26-10-3-11-27-49)52-47-17-9-7-15-42(47)44-32-35(21-25-48(44)52)38-29-36(33-18-22-39(50)23-19-33)28-37(30-38)34-20-24-46-43(31-34)41-14-6-8-16-45(41)51(46)40-12-4-2-5-13-40/h2-26,28-32H,27H2,1H3. The van der Waals surface area contributed by atoms with Gasteiger partial charge in [0.15, 0.2) is 0 Å². The normalized spacial score (nSPS) is 15.7. The lowest BCUT2D eigenvalue weighted by atomic mass is 9.92. The van der Waals surface area contributed by atoms with Crippen LogP contribution in [-0.2, 0) is 5.54 Å². The van der Waals surface area contributed by atoms with Gasteiger partial charge in [0.1, 0.15) is 0 Å². The fourth-order valence-corrected chi connectivity index (χ4v) is 8.63. The number of rotatable bonds is 5. The maximum absolute atomic E-state index is 3.65. The number of allylic oxidation sites excluding steroid dienone is 4. The molecule has 0 radical (unpaired) electrons. The lowest BCUT2D eigenvalue weighted by Gasteiger charge is -2.31. The van der Waals surface area contributed by atoms with E-state index in [1.807, 2.05) is 0 Å². The largest absolute Gasteiger partial charge is 0.331 e. The van der Waals surface area contributed by atoms with Crippen molar-refractivity contribution < 1.29 is 0 Å². The summed E-state index contributed by atoms with van der Waals surface area (Å²) in [5.41, 5.74) is 13.2. The van der Waals surface area contributed by atoms with E-state index in [-0.39, 0.29) is 5.54 Å². The van der Waals surface area contributed by atoms with Crippen LogP contribution in [0.5, 0.6) is 0 Å². The van der Waals surface area contributed by atoms with E-state index in [0.29, 0.717) is 0 Å². The molecule has 1 aliphatic carbocycles. The van der Waals surface area contributed by atoms with Crippen LogP contribution in [0.3, 0.4) is 0 Å². The number of hydrogen-bond acceptors (Lipinski definition) is 0. The van der Waals surface area contributed by atoms with Gasteiger partial charge in [-0.2, -0.15) is 0 Å². The second-order valence-corrected chi connectivity index (χ2v) is 15.1. The Morgan fingerprint density at radius 1 is 0.462 bits per heavy atom. The molecule has 3 heteroatoms. The summed E-state index contributed by atoms with van der Waals surface area (Å²) in [6, 6.07) is 58.0. The van der Waals surface area contributed by atoms with E-state index < -0.39 is 0 Å². The first-order valence-corrected chi connectivity index (χ1v) is 18.7. The first kappa shape index (κ1) is 30.9. The van der Waals surface area contributed by atoms with Gasteiger partial charge >= 0.3 is 0 Å². The molecule has 1 atom stereocenters. The van der Waals surface area contributed by atoms with E-state index >= 15 is 0 Å². The van der Waals surface area contributed by atoms with Crippen LogP contribution in [0, 0.1) is 0 Å². The molecule has 2 aromatic heterocycles. The van der Waals surface area contributed by atoms with Crippen LogP contribution in [0.1, 0.15) is 13.3 Å². The van der Waals surface area contributed by atoms with E-state index in [1.54, 1.807) is 0 Å². The van der Waals surface area contributed by atoms with Crippen LogP contribution in [0.2, 0.25) is 0 Å². The highest BCUT2D eigenvalue weighted by molar-refractivity contribution is 9.10. The molecule has 2 heterocycles. The first-order chi connectivity index (χ1) is 25.5. The average molecular weight is 732 g/mol. The zero-order valence-electron chi connectivity index (χ0n) is 28.8. The third-order valence-corrected chi connectivity index (χ3v) is 11.4. The summed E-state index contributed by atoms with van der Waals surface area (Å²) in [6.45, 7) is 2.34. The number of fused-ring (bicyclic) bond motifs is 6. The van der Waals surface area contributed by atoms with Gasteiger partial charge in [-0.1, -0.05) is 119 Å². The zero-order chi connectivity index (χ0) is 34.8. The Morgan fingerprint density at radius 2 is 0.981 bits per heavy atom. The van der Waals surface area contributed by atoms with Gasteiger partial charge in [0, 0.05) is 42.7 Å². The second-order valence-electron chi connectivity index (χ2n) is 14.2. The van der Waals surface area contributed by atoms with Crippen LogP contribution < -0.4 is 0 Å². The molecular weight excluding hydrogens is 696 g/mol. The number of nitrogens with zero attached hydrogens (tertiary/aromatic N) is 2. The Balaban J connectivity index is 1.18. The van der Waals surface area contributed by atoms with Crippen molar-refractivity contribution in [3.05, 3.63) is 187 Å². The molecule has 248 valence electrons. The fraction of sp³-hybridized carbons (Fsp3) is 0.0612. The Hall–Kier alpha value is -5.90. The van der Waals surface area contributed by atoms with E-state index in [1.165, 1.54) is 82.7 Å². The Labute approximate surface area is 311 Å². The van der Waals surface area contributed by atoms with Crippen LogP contribution in [0.4, 0.5) is 0 Å². The van der Waals surface area contributed by atoms with Crippen molar-refractivity contribution in [1.29, 1.82) is 0 Å². The molecule has 1 aliphatic rings. The molecular formula is C49H35BrN2. The minimum atomic E-state index is -0.130. The maximum Gasteiger partial charge on any atom is 0.0643 e. The lowest BCUT2D eigenvalue weighted by Crippen LogP contribution is -2.27. The number of para-hydroxylation sites is 3. The van der Waals surface area contributed by atoms with E-state index in [4.69, 9.17) is 0 Å². The highest BCUT2D eigenvalue weighted by Crippen LogP contribution is 2.42. The van der Waals surface area contributed by atoms with Crippen LogP contribution in [0.25, 0.3) is 82.7 Å². The summed E-state index contributed by atoms with van der Waals surface area (Å²) in [6.07, 6.45) is 9.93. The van der Waals surface area contributed by atoms with Crippen molar-refractivity contribution >= 4 is 59.5 Å². The lowest BCUT2D eigenvalue weighted by molar-refractivity contribution is 0.437. The van der Waals surface area contributed by atoms with Gasteiger partial charge in [-0.15, -0.1) is 0 Å². The van der Waals surface area contributed by atoms with Crippen LogP contribution in [-0.4, -0.2) is 9.13 Å². The number of aromatic nitrogens is 2. The average Bonchev–Trinajstić information content (AvgIpc) is 3.71. The highest BCUT2D eigenvalue weighted by atomic mass is 79.9. The molecule has 0 saturated heterocycles. The summed E-state index contributed by atoms with van der Waals surface area (Å²) in [5, 5.41) is 5.07. The van der Waals surface area contributed by atoms with Gasteiger partial charge in [-0.3, -0.25) is 0 Å². The molecule has 52 heavy (non-hydrogen) atoms. The van der Waals surface area contributed by atoms with Gasteiger partial charge in [0.05, 0.1) is 16.6 Å². The molecule has 0 N–H and O–H groups in total. The summed E-state index contributed by atoms with van der Waals surface area (Å²) < 4.78 is 5.99. The van der Waals surface area contributed by atoms with E-state index in [0.717, 1.165) is 10.9 Å². The number of benzene rings is 7. The fourth-order valence-electron chi connectivity index (χ4n) is 8.36. The van der Waals surface area contributed by atoms with Crippen LogP contribution >= 0.6 is 15.9 Å². The van der Waals surface area contributed by atoms with Crippen molar-refractivity contribution in [3.8, 4) is 39.1 Å². The molecule has 7 aromatic carbocycles. The third kappa shape index (κ3) is 4.99. The van der Waals surface area contributed by atoms with Crippen molar-refractivity contribution in [2.45, 2.75) is 18.9 Å². The van der Waals surface area contributed by atoms with Gasteiger partial charge in [0.2, 0.25) is 0 Å². The topological polar surface area (TPSA) is 9.86 Å². The smallest absolute Gasteiger partial charge is 0.0643 e. The van der Waals surface area contributed by atoms with Gasteiger partial charge in [0.25, 0.3) is 0 Å². The van der Waals surface area contributed by atoms with E-state index in [9.17, 15) is 0 Å². The molecule has 0 spiro atoms. The Bertz CT molecular complexity index is 2890. The summed E-state index contributed by atoms with van der Waals surface area (Å²) >= 11 is 3.65. The van der Waals surface area contributed by atoms with Gasteiger partial charge < -0.3 is 9.13 Å². The molecule has 10 rings (SSSR count). The first-order valence-electron chi connectivity index (χ1n) is 17.9. The predicted molar refractivity (Wildman–Crippen MR) is 224 cm³/mol. The molecule has 2 nitrogen and oxygen atoms in total. The molecule has 1 unspecified atom stereocenters. The molecule has 0 saturated carbocycles. The molecule has 0 aliphatic heterocycles. The SMILES string of the molecule is CC1(n2c3ccccc3c3cc(-c4cc(-c5ccc(Br)cc5)cc(-c5ccc6c(c5)c5ccccc5n6-c5ccccc5)c4)ccc32)C=CC=CC1. The molecule has 0 bridgehead atoms. The van der Waals surface area contributed by atoms with Crippen molar-refractivity contribution in [2.75, 3.05) is 0 Å². The second kappa shape index (κ2) is 12.1. The predicted octanol–water partition coefficient (Wildman–Crippen LogP) is 13.9. The highest BCUT2D eigenvalue weighted by Gasteiger charge is 2.27. The summed E-state index contributed by atoms with van der Waals surface area (Å²) in [7, 11) is 0. The van der Waals surface area contributed by atoms with Crippen molar-refractivity contribution in [3.63, 3.8) is 0 Å². The third-order valence-electron chi connectivity index (χ3n) is 10.9. The zero-order valence-corrected chi connectivity index (χ0v) is 30.4. The van der Waals surface area contributed by atoms with Gasteiger partial charge in [-0.25, -0.2) is 0 Å². The quantitative estimate of drug-likeness (QED) is 0.167. The van der Waals surface area contributed by atoms with E-state index in [2.05, 4.69) is 214 Å². The summed E-state index contributed by atoms with van der Waals surface area (Å²) in [5.74, 6) is 0. The van der Waals surface area contributed by atoms with Gasteiger partial charge in [-0.05, 0) is 126 Å². The molecule has 0 amide bonds. The molecule has 9 aromatic rings. The van der Waals surface area contributed by atoms with Crippen molar-refractivity contribution in [1.82, 2.24) is 9.13 Å². The summed E-state index contributed by atoms with van der Waals surface area (Å²) in [4.78, 5) is 0. The Kier molecular flexibility index (Phi) is 7.19. The minimum Gasteiger partial charge on any atom is -0.331 e. The van der Waals surface area contributed by atoms with Crippen molar-refractivity contribution in [2.24, 2.45) is 0 Å². The number of hydrogen-bond donors (Lipinski definition) is 0. The number of halogens is 1. The minimum absolute atomic E-state index is 0.130. The molecule has 0 fully saturated rings. The maximum atomic E-state index is 3.65. The van der Waals surface area contributed by atoms with Crippen LogP contribution in [0.15, 0.2) is 187 Å². The monoisotopic (exact) mass is 730 g/mol. The Morgan fingerprint density at radius 3 is 1.65 bits per heavy atom.